The number of aliphatic hydroxyl groups is 2. The molecule has 0 radical (unpaired) electrons. The number of rotatable bonds is 3. The third kappa shape index (κ3) is 2.46. The summed E-state index contributed by atoms with van der Waals surface area (Å²) in [5.41, 5.74) is 4.94. The molecular weight excluding hydrogens is 234 g/mol. The number of carbonyl (C=O) groups is 1. The molecule has 0 aliphatic carbocycles. The summed E-state index contributed by atoms with van der Waals surface area (Å²) in [5, 5.41) is 27.4. The van der Waals surface area contributed by atoms with Crippen LogP contribution in [0.5, 0.6) is 0 Å². The van der Waals surface area contributed by atoms with Crippen LogP contribution in [0.15, 0.2) is 12.3 Å². The third-order valence-electron chi connectivity index (χ3n) is 1.91. The van der Waals surface area contributed by atoms with Crippen molar-refractivity contribution in [3.63, 3.8) is 0 Å². The van der Waals surface area contributed by atoms with E-state index >= 15 is 0 Å². The van der Waals surface area contributed by atoms with Gasteiger partial charge >= 0.3 is 0 Å². The summed E-state index contributed by atoms with van der Waals surface area (Å²) < 4.78 is 0. The molecule has 2 unspecified atom stereocenters. The Kier molecular flexibility index (Phi) is 3.79. The first-order valence-electron chi connectivity index (χ1n) is 4.18. The number of nitrogens with zero attached hydrogens (tertiary/aromatic N) is 2. The van der Waals surface area contributed by atoms with E-state index in [2.05, 4.69) is 4.98 Å². The molecular formula is C9H8ClN3O3. The van der Waals surface area contributed by atoms with Crippen molar-refractivity contribution < 1.29 is 15.0 Å². The molecule has 1 aromatic rings. The fourth-order valence-electron chi connectivity index (χ4n) is 1.04. The van der Waals surface area contributed by atoms with E-state index in [1.807, 2.05) is 0 Å². The van der Waals surface area contributed by atoms with Gasteiger partial charge in [-0.05, 0) is 6.07 Å². The Labute approximate surface area is 95.9 Å². The highest BCUT2D eigenvalue weighted by molar-refractivity contribution is 6.30. The van der Waals surface area contributed by atoms with Crippen molar-refractivity contribution in [1.29, 1.82) is 5.26 Å². The maximum absolute atomic E-state index is 10.6. The zero-order valence-corrected chi connectivity index (χ0v) is 8.72. The molecule has 0 aliphatic rings. The van der Waals surface area contributed by atoms with Gasteiger partial charge in [-0.1, -0.05) is 11.6 Å². The van der Waals surface area contributed by atoms with Crippen molar-refractivity contribution in [3.05, 3.63) is 28.5 Å². The van der Waals surface area contributed by atoms with Gasteiger partial charge in [-0.25, -0.2) is 4.98 Å². The summed E-state index contributed by atoms with van der Waals surface area (Å²) in [6.07, 6.45) is -2.14. The summed E-state index contributed by atoms with van der Waals surface area (Å²) in [6.45, 7) is 0. The lowest BCUT2D eigenvalue weighted by Crippen LogP contribution is -2.33. The van der Waals surface area contributed by atoms with E-state index in [1.54, 1.807) is 6.07 Å². The van der Waals surface area contributed by atoms with E-state index in [4.69, 9.17) is 22.6 Å². The highest BCUT2D eigenvalue weighted by Gasteiger charge is 2.24. The minimum atomic E-state index is -1.76. The van der Waals surface area contributed by atoms with Crippen molar-refractivity contribution in [2.45, 2.75) is 12.2 Å². The number of aliphatic hydroxyl groups excluding tert-OH is 2. The number of halogens is 1. The molecule has 1 aromatic heterocycles. The molecule has 0 aromatic carbocycles. The van der Waals surface area contributed by atoms with Gasteiger partial charge in [0, 0.05) is 11.8 Å². The lowest BCUT2D eigenvalue weighted by atomic mass is 10.0. The van der Waals surface area contributed by atoms with Crippen LogP contribution >= 0.6 is 11.6 Å². The zero-order valence-electron chi connectivity index (χ0n) is 7.96. The van der Waals surface area contributed by atoms with Crippen molar-refractivity contribution in [1.82, 2.24) is 4.98 Å². The van der Waals surface area contributed by atoms with Crippen LogP contribution in [-0.2, 0) is 4.79 Å². The number of hydrogen-bond acceptors (Lipinski definition) is 5. The minimum Gasteiger partial charge on any atom is -0.385 e. The number of pyridine rings is 1. The average Bonchev–Trinajstić information content (AvgIpc) is 2.27. The molecule has 84 valence electrons. The fraction of sp³-hybridized carbons (Fsp3) is 0.222. The number of aromatic nitrogens is 1. The predicted molar refractivity (Wildman–Crippen MR) is 54.1 cm³/mol. The van der Waals surface area contributed by atoms with Crippen LogP contribution in [0.4, 0.5) is 0 Å². The molecule has 0 aliphatic heterocycles. The Morgan fingerprint density at radius 3 is 2.75 bits per heavy atom. The number of nitriles is 1. The maximum Gasteiger partial charge on any atom is 0.249 e. The first kappa shape index (κ1) is 12.4. The van der Waals surface area contributed by atoms with Crippen molar-refractivity contribution >= 4 is 17.5 Å². The van der Waals surface area contributed by atoms with Crippen molar-refractivity contribution in [3.8, 4) is 6.07 Å². The van der Waals surface area contributed by atoms with Gasteiger partial charge in [0.2, 0.25) is 5.91 Å². The zero-order chi connectivity index (χ0) is 12.3. The largest absolute Gasteiger partial charge is 0.385 e. The molecule has 16 heavy (non-hydrogen) atoms. The van der Waals surface area contributed by atoms with Crippen molar-refractivity contribution in [2.75, 3.05) is 0 Å². The van der Waals surface area contributed by atoms with Gasteiger partial charge in [0.05, 0.1) is 5.56 Å². The molecule has 0 bridgehead atoms. The molecule has 6 nitrogen and oxygen atoms in total. The predicted octanol–water partition coefficient (Wildman–Crippen LogP) is -0.514. The SMILES string of the molecule is N#Cc1cc(C(O)C(O)C(N)=O)cnc1Cl. The summed E-state index contributed by atoms with van der Waals surface area (Å²) in [5.74, 6) is -1.07. The molecule has 0 fully saturated rings. The van der Waals surface area contributed by atoms with Crippen LogP contribution < -0.4 is 5.73 Å². The summed E-state index contributed by atoms with van der Waals surface area (Å²) >= 11 is 5.57. The quantitative estimate of drug-likeness (QED) is 0.616. The fourth-order valence-corrected chi connectivity index (χ4v) is 1.19. The van der Waals surface area contributed by atoms with Gasteiger partial charge in [0.1, 0.15) is 17.3 Å². The van der Waals surface area contributed by atoms with E-state index < -0.39 is 18.1 Å². The molecule has 1 heterocycles. The molecule has 0 saturated heterocycles. The molecule has 1 amide bonds. The first-order valence-corrected chi connectivity index (χ1v) is 4.56. The molecule has 0 saturated carbocycles. The van der Waals surface area contributed by atoms with Crippen LogP contribution in [0.3, 0.4) is 0 Å². The molecule has 1 rings (SSSR count). The lowest BCUT2D eigenvalue weighted by Gasteiger charge is -2.14. The van der Waals surface area contributed by atoms with E-state index in [0.29, 0.717) is 0 Å². The number of primary amides is 1. The van der Waals surface area contributed by atoms with Crippen LogP contribution in [0.25, 0.3) is 0 Å². The van der Waals surface area contributed by atoms with E-state index in [0.717, 1.165) is 6.20 Å². The summed E-state index contributed by atoms with van der Waals surface area (Å²) in [4.78, 5) is 14.3. The van der Waals surface area contributed by atoms with Gasteiger partial charge in [0.15, 0.2) is 6.10 Å². The van der Waals surface area contributed by atoms with E-state index in [1.165, 1.54) is 6.07 Å². The Morgan fingerprint density at radius 1 is 1.62 bits per heavy atom. The molecule has 4 N–H and O–H groups in total. The van der Waals surface area contributed by atoms with Crippen LogP contribution in [0.2, 0.25) is 5.15 Å². The second-order valence-electron chi connectivity index (χ2n) is 3.01. The number of carbonyl (C=O) groups excluding carboxylic acids is 1. The molecule has 7 heteroatoms. The Bertz CT molecular complexity index is 458. The Balaban J connectivity index is 3.06. The van der Waals surface area contributed by atoms with Crippen LogP contribution in [0.1, 0.15) is 17.2 Å². The Hall–Kier alpha value is -1.68. The second-order valence-corrected chi connectivity index (χ2v) is 3.37. The number of amides is 1. The monoisotopic (exact) mass is 241 g/mol. The average molecular weight is 242 g/mol. The smallest absolute Gasteiger partial charge is 0.249 e. The van der Waals surface area contributed by atoms with Crippen molar-refractivity contribution in [2.24, 2.45) is 5.73 Å². The summed E-state index contributed by atoms with van der Waals surface area (Å²) in [6, 6.07) is 2.98. The highest BCUT2D eigenvalue weighted by Crippen LogP contribution is 2.20. The van der Waals surface area contributed by atoms with Gasteiger partial charge in [-0.15, -0.1) is 0 Å². The van der Waals surface area contributed by atoms with E-state index in [-0.39, 0.29) is 16.3 Å². The number of hydrogen-bond donors (Lipinski definition) is 3. The first-order chi connectivity index (χ1) is 7.47. The minimum absolute atomic E-state index is 0.0213. The second kappa shape index (κ2) is 4.90. The van der Waals surface area contributed by atoms with Gasteiger partial charge < -0.3 is 15.9 Å². The molecule has 2 atom stereocenters. The normalized spacial score (nSPS) is 13.9. The topological polar surface area (TPSA) is 120 Å². The molecule has 0 spiro atoms. The van der Waals surface area contributed by atoms with Crippen LogP contribution in [-0.4, -0.2) is 27.2 Å². The lowest BCUT2D eigenvalue weighted by molar-refractivity contribution is -0.131. The van der Waals surface area contributed by atoms with Gasteiger partial charge in [0.25, 0.3) is 0 Å². The number of nitrogens with two attached hydrogens (primary N) is 1. The third-order valence-corrected chi connectivity index (χ3v) is 2.21. The standard InChI is InChI=1S/C9H8ClN3O3/c10-8-4(2-11)1-5(3-13-8)6(14)7(15)9(12)16/h1,3,6-7,14-15H,(H2,12,16). The van der Waals surface area contributed by atoms with Gasteiger partial charge in [-0.2, -0.15) is 5.26 Å². The summed E-state index contributed by atoms with van der Waals surface area (Å²) in [7, 11) is 0. The highest BCUT2D eigenvalue weighted by atomic mass is 35.5. The van der Waals surface area contributed by atoms with Gasteiger partial charge in [-0.3, -0.25) is 4.79 Å². The Morgan fingerprint density at radius 2 is 2.25 bits per heavy atom. The maximum atomic E-state index is 10.6. The van der Waals surface area contributed by atoms with Crippen LogP contribution in [0, 0.1) is 11.3 Å². The van der Waals surface area contributed by atoms with E-state index in [9.17, 15) is 15.0 Å².